The van der Waals surface area contributed by atoms with Gasteiger partial charge in [-0.3, -0.25) is 4.79 Å². The van der Waals surface area contributed by atoms with Gasteiger partial charge in [-0.1, -0.05) is 55.1 Å². The normalized spacial score (nSPS) is 25.8. The van der Waals surface area contributed by atoms with E-state index in [1.807, 2.05) is 24.3 Å². The van der Waals surface area contributed by atoms with Crippen molar-refractivity contribution in [2.24, 2.45) is 5.92 Å². The summed E-state index contributed by atoms with van der Waals surface area (Å²) < 4.78 is 34.8. The van der Waals surface area contributed by atoms with Crippen LogP contribution in [0.1, 0.15) is 17.7 Å². The summed E-state index contributed by atoms with van der Waals surface area (Å²) in [6, 6.07) is 15.4. The number of carbonyl (C=O) groups excluding carboxylic acids is 1. The summed E-state index contributed by atoms with van der Waals surface area (Å²) in [6.07, 6.45) is 4.64. The molecule has 0 radical (unpaired) electrons. The fraction of sp³-hybridized carbons (Fsp3) is 0.240. The van der Waals surface area contributed by atoms with Gasteiger partial charge in [0.25, 0.3) is 10.0 Å². The van der Waals surface area contributed by atoms with E-state index in [0.29, 0.717) is 17.6 Å². The van der Waals surface area contributed by atoms with Crippen LogP contribution in [0.3, 0.4) is 0 Å². The number of hydrogen-bond acceptors (Lipinski definition) is 5. The lowest BCUT2D eigenvalue weighted by atomic mass is 9.60. The molecule has 1 aliphatic carbocycles. The smallest absolute Gasteiger partial charge is 0.320 e. The van der Waals surface area contributed by atoms with Gasteiger partial charge >= 0.3 is 5.97 Å². The first-order valence-electron chi connectivity index (χ1n) is 10.6. The van der Waals surface area contributed by atoms with Gasteiger partial charge in [0.2, 0.25) is 0 Å². The largest absolute Gasteiger partial charge is 0.468 e. The number of nitrogens with zero attached hydrogens (tertiary/aromatic N) is 2. The van der Waals surface area contributed by atoms with Gasteiger partial charge in [0.1, 0.15) is 5.41 Å². The van der Waals surface area contributed by atoms with E-state index in [9.17, 15) is 13.2 Å². The number of ether oxygens (including phenoxy) is 1. The van der Waals surface area contributed by atoms with Gasteiger partial charge in [0.15, 0.2) is 0 Å². The summed E-state index contributed by atoms with van der Waals surface area (Å²) in [5.41, 5.74) is 1.34. The molecule has 4 bridgehead atoms. The minimum atomic E-state index is -4.00. The second-order valence-electron chi connectivity index (χ2n) is 8.68. The molecule has 6 nitrogen and oxygen atoms in total. The van der Waals surface area contributed by atoms with Crippen LogP contribution < -0.4 is 0 Å². The fourth-order valence-electron chi connectivity index (χ4n) is 5.89. The second-order valence-corrected chi connectivity index (χ2v) is 10.5. The molecule has 162 valence electrons. The van der Waals surface area contributed by atoms with Crippen molar-refractivity contribution in [1.29, 1.82) is 0 Å². The maximum absolute atomic E-state index is 14.1. The number of benzene rings is 2. The molecule has 0 saturated carbocycles. The number of esters is 1. The maximum atomic E-state index is 14.1. The summed E-state index contributed by atoms with van der Waals surface area (Å²) in [4.78, 5) is 15.8. The van der Waals surface area contributed by atoms with E-state index in [0.717, 1.165) is 23.2 Å². The lowest BCUT2D eigenvalue weighted by Gasteiger charge is -2.57. The number of rotatable bonds is 3. The molecule has 1 fully saturated rings. The van der Waals surface area contributed by atoms with Gasteiger partial charge in [-0.2, -0.15) is 0 Å². The van der Waals surface area contributed by atoms with E-state index in [4.69, 9.17) is 4.74 Å². The maximum Gasteiger partial charge on any atom is 0.320 e. The van der Waals surface area contributed by atoms with Crippen LogP contribution in [0.5, 0.6) is 0 Å². The van der Waals surface area contributed by atoms with Crippen molar-refractivity contribution in [3.8, 4) is 0 Å². The number of carbonyl (C=O) groups is 1. The summed E-state index contributed by atoms with van der Waals surface area (Å²) >= 11 is 0. The van der Waals surface area contributed by atoms with Crippen LogP contribution in [-0.2, 0) is 25.0 Å². The third kappa shape index (κ3) is 2.19. The molecule has 4 aliphatic rings. The molecule has 32 heavy (non-hydrogen) atoms. The molecule has 2 aromatic carbocycles. The van der Waals surface area contributed by atoms with Crippen LogP contribution in [0.25, 0.3) is 16.6 Å². The summed E-state index contributed by atoms with van der Waals surface area (Å²) in [6.45, 7) is 5.11. The van der Waals surface area contributed by atoms with Crippen LogP contribution in [-0.4, -0.2) is 43.0 Å². The van der Waals surface area contributed by atoms with Crippen molar-refractivity contribution in [1.82, 2.24) is 8.87 Å². The van der Waals surface area contributed by atoms with Crippen molar-refractivity contribution in [2.45, 2.75) is 22.8 Å². The van der Waals surface area contributed by atoms with Crippen molar-refractivity contribution >= 4 is 32.6 Å². The van der Waals surface area contributed by atoms with Gasteiger partial charge in [-0.25, -0.2) is 12.4 Å². The second kappa shape index (κ2) is 6.36. The Labute approximate surface area is 186 Å². The zero-order valence-corrected chi connectivity index (χ0v) is 18.4. The Morgan fingerprint density at radius 1 is 1.09 bits per heavy atom. The number of fused-ring (bicyclic) bond motifs is 3. The zero-order chi connectivity index (χ0) is 22.3. The molecule has 1 saturated heterocycles. The molecule has 4 heterocycles. The number of piperidine rings is 1. The highest BCUT2D eigenvalue weighted by atomic mass is 32.2. The molecule has 3 aliphatic heterocycles. The Balaban J connectivity index is 1.80. The molecule has 7 heteroatoms. The lowest BCUT2D eigenvalue weighted by molar-refractivity contribution is -0.153. The van der Waals surface area contributed by atoms with Crippen LogP contribution in [0, 0.1) is 5.92 Å². The first-order chi connectivity index (χ1) is 15.4. The van der Waals surface area contributed by atoms with Crippen molar-refractivity contribution < 1.29 is 17.9 Å². The third-order valence-electron chi connectivity index (χ3n) is 7.14. The van der Waals surface area contributed by atoms with Crippen molar-refractivity contribution in [2.75, 3.05) is 13.7 Å². The average Bonchev–Trinajstić information content (AvgIpc) is 3.20. The standard InChI is InChI=1S/C25H22N2O4S/c1-16-22-19-10-6-7-11-20(19)27(32(29,30)18-8-4-3-5-9-18)23(22)25(24(28)31-2)14-17-12-13-21(25)26(16)15-17/h3-13,17,21H,1,14-15H2,2H3/t17?,21?,25-/m1/s1. The molecule has 3 aromatic rings. The van der Waals surface area contributed by atoms with E-state index < -0.39 is 21.4 Å². The van der Waals surface area contributed by atoms with Gasteiger partial charge in [-0.05, 0) is 30.5 Å². The van der Waals surface area contributed by atoms with E-state index >= 15 is 0 Å². The molecule has 1 aromatic heterocycles. The predicted octanol–water partition coefficient (Wildman–Crippen LogP) is 3.53. The lowest BCUT2D eigenvalue weighted by Crippen LogP contribution is -2.65. The third-order valence-corrected chi connectivity index (χ3v) is 8.87. The number of para-hydroxylation sites is 1. The molecule has 3 atom stereocenters. The average molecular weight is 447 g/mol. The van der Waals surface area contributed by atoms with Gasteiger partial charge in [0.05, 0.1) is 29.3 Å². The van der Waals surface area contributed by atoms with Gasteiger partial charge in [-0.15, -0.1) is 0 Å². The summed E-state index contributed by atoms with van der Waals surface area (Å²) in [7, 11) is -2.62. The Hall–Kier alpha value is -3.32. The van der Waals surface area contributed by atoms with Crippen LogP contribution in [0.4, 0.5) is 0 Å². The quantitative estimate of drug-likeness (QED) is 0.455. The Morgan fingerprint density at radius 2 is 1.81 bits per heavy atom. The highest BCUT2D eigenvalue weighted by molar-refractivity contribution is 7.90. The van der Waals surface area contributed by atoms with Crippen molar-refractivity contribution in [3.63, 3.8) is 0 Å². The highest BCUT2D eigenvalue weighted by Gasteiger charge is 2.62. The molecular weight excluding hydrogens is 424 g/mol. The number of hydrogen-bond donors (Lipinski definition) is 0. The van der Waals surface area contributed by atoms with E-state index in [2.05, 4.69) is 17.6 Å². The molecular formula is C25H22N2O4S. The molecule has 0 N–H and O–H groups in total. The summed E-state index contributed by atoms with van der Waals surface area (Å²) in [5.74, 6) is -0.308. The van der Waals surface area contributed by atoms with Gasteiger partial charge < -0.3 is 9.64 Å². The molecule has 0 spiro atoms. The predicted molar refractivity (Wildman–Crippen MR) is 121 cm³/mol. The van der Waals surface area contributed by atoms with E-state index in [1.165, 1.54) is 11.1 Å². The first-order valence-corrected chi connectivity index (χ1v) is 12.0. The first kappa shape index (κ1) is 19.4. The minimum Gasteiger partial charge on any atom is -0.468 e. The zero-order valence-electron chi connectivity index (χ0n) is 17.6. The summed E-state index contributed by atoms with van der Waals surface area (Å²) in [5, 5.41) is 0.770. The fourth-order valence-corrected chi connectivity index (χ4v) is 7.51. The van der Waals surface area contributed by atoms with E-state index in [-0.39, 0.29) is 16.9 Å². The minimum absolute atomic E-state index is 0.106. The molecule has 7 rings (SSSR count). The monoisotopic (exact) mass is 446 g/mol. The number of aromatic nitrogens is 1. The van der Waals surface area contributed by atoms with Crippen LogP contribution in [0.2, 0.25) is 0 Å². The Kier molecular flexibility index (Phi) is 3.85. The van der Waals surface area contributed by atoms with Crippen LogP contribution >= 0.6 is 0 Å². The van der Waals surface area contributed by atoms with Crippen molar-refractivity contribution in [3.05, 3.63) is 84.6 Å². The number of methoxy groups -OCH3 is 1. The van der Waals surface area contributed by atoms with E-state index in [1.54, 1.807) is 36.4 Å². The molecule has 2 unspecified atom stereocenters. The van der Waals surface area contributed by atoms with Crippen LogP contribution in [0.15, 0.2) is 78.2 Å². The molecule has 0 amide bonds. The topological polar surface area (TPSA) is 68.6 Å². The Bertz CT molecular complexity index is 1440. The Morgan fingerprint density at radius 3 is 2.53 bits per heavy atom. The van der Waals surface area contributed by atoms with Gasteiger partial charge in [0, 0.05) is 23.2 Å². The SMILES string of the molecule is C=C1c2c(n(S(=O)(=O)c3ccccc3)c3ccccc23)[C@@]2(C(=O)OC)CC3C=CC2N1C3. The highest BCUT2D eigenvalue weighted by Crippen LogP contribution is 2.56.